The normalized spacial score (nSPS) is 13.3. The minimum Gasteiger partial charge on any atom is -0.435 e. The van der Waals surface area contributed by atoms with E-state index in [0.717, 1.165) is 6.42 Å². The average molecular weight is 284 g/mol. The first kappa shape index (κ1) is 16.6. The molecular weight excluding hydrogens is 262 g/mol. The van der Waals surface area contributed by atoms with Crippen LogP contribution in [0.5, 0.6) is 5.75 Å². The van der Waals surface area contributed by atoms with Gasteiger partial charge >= 0.3 is 6.61 Å². The molecular formula is C16H22F2O2. The standard InChI is InChI=1S/C16H22F2O2/c1-11(10-16(2,3)4)8-14(19)12-6-5-7-13(9-12)20-15(17)18/h5-7,9,11,15H,8,10H2,1-4H3. The third kappa shape index (κ3) is 6.13. The van der Waals surface area contributed by atoms with Gasteiger partial charge in [0, 0.05) is 12.0 Å². The summed E-state index contributed by atoms with van der Waals surface area (Å²) in [5.74, 6) is 0.234. The molecule has 0 radical (unpaired) electrons. The van der Waals surface area contributed by atoms with Gasteiger partial charge in [-0.1, -0.05) is 39.8 Å². The molecule has 1 unspecified atom stereocenters. The van der Waals surface area contributed by atoms with Gasteiger partial charge in [0.05, 0.1) is 0 Å². The van der Waals surface area contributed by atoms with Gasteiger partial charge in [-0.25, -0.2) is 0 Å². The minimum atomic E-state index is -2.87. The lowest BCUT2D eigenvalue weighted by molar-refractivity contribution is -0.0498. The van der Waals surface area contributed by atoms with Crippen LogP contribution in [-0.4, -0.2) is 12.4 Å². The van der Waals surface area contributed by atoms with Crippen molar-refractivity contribution in [2.75, 3.05) is 0 Å². The fourth-order valence-electron chi connectivity index (χ4n) is 2.40. The van der Waals surface area contributed by atoms with Crippen LogP contribution in [0.15, 0.2) is 24.3 Å². The second kappa shape index (κ2) is 6.82. The van der Waals surface area contributed by atoms with Crippen LogP contribution in [0.4, 0.5) is 8.78 Å². The van der Waals surface area contributed by atoms with Crippen LogP contribution in [0.3, 0.4) is 0 Å². The molecule has 0 aromatic heterocycles. The molecule has 1 atom stereocenters. The van der Waals surface area contributed by atoms with Crippen LogP contribution in [0.1, 0.15) is 50.9 Å². The van der Waals surface area contributed by atoms with Crippen LogP contribution in [0.25, 0.3) is 0 Å². The van der Waals surface area contributed by atoms with E-state index in [1.165, 1.54) is 12.1 Å². The molecule has 0 heterocycles. The Morgan fingerprint density at radius 2 is 1.95 bits per heavy atom. The smallest absolute Gasteiger partial charge is 0.387 e. The summed E-state index contributed by atoms with van der Waals surface area (Å²) < 4.78 is 28.6. The third-order valence-electron chi connectivity index (χ3n) is 2.88. The van der Waals surface area contributed by atoms with Crippen molar-refractivity contribution in [1.29, 1.82) is 0 Å². The van der Waals surface area contributed by atoms with Crippen molar-refractivity contribution in [3.8, 4) is 5.75 Å². The van der Waals surface area contributed by atoms with Gasteiger partial charge in [0.25, 0.3) is 0 Å². The first-order valence-electron chi connectivity index (χ1n) is 6.75. The Morgan fingerprint density at radius 1 is 1.30 bits per heavy atom. The number of hydrogen-bond acceptors (Lipinski definition) is 2. The van der Waals surface area contributed by atoms with E-state index in [1.807, 2.05) is 6.92 Å². The molecule has 0 saturated carbocycles. The maximum Gasteiger partial charge on any atom is 0.387 e. The first-order chi connectivity index (χ1) is 9.17. The molecule has 4 heteroatoms. The molecule has 1 aromatic carbocycles. The van der Waals surface area contributed by atoms with Crippen molar-refractivity contribution >= 4 is 5.78 Å². The maximum atomic E-state index is 12.1. The quantitative estimate of drug-likeness (QED) is 0.692. The van der Waals surface area contributed by atoms with E-state index in [9.17, 15) is 13.6 Å². The molecule has 20 heavy (non-hydrogen) atoms. The SMILES string of the molecule is CC(CC(=O)c1cccc(OC(F)F)c1)CC(C)(C)C. The molecule has 0 fully saturated rings. The number of Topliss-reactive ketones (excluding diaryl/α,β-unsaturated/α-hetero) is 1. The molecule has 0 aliphatic rings. The number of ketones is 1. The average Bonchev–Trinajstić information content (AvgIpc) is 2.25. The summed E-state index contributed by atoms with van der Waals surface area (Å²) in [7, 11) is 0. The Bertz CT molecular complexity index is 450. The topological polar surface area (TPSA) is 26.3 Å². The van der Waals surface area contributed by atoms with Crippen LogP contribution in [0, 0.1) is 11.3 Å². The van der Waals surface area contributed by atoms with Gasteiger partial charge in [-0.15, -0.1) is 0 Å². The van der Waals surface area contributed by atoms with E-state index >= 15 is 0 Å². The predicted molar refractivity (Wildman–Crippen MR) is 75.3 cm³/mol. The second-order valence-electron chi connectivity index (χ2n) is 6.40. The number of rotatable bonds is 6. The molecule has 2 nitrogen and oxygen atoms in total. The van der Waals surface area contributed by atoms with Gasteiger partial charge in [-0.3, -0.25) is 4.79 Å². The van der Waals surface area contributed by atoms with E-state index < -0.39 is 6.61 Å². The zero-order valence-electron chi connectivity index (χ0n) is 12.5. The second-order valence-corrected chi connectivity index (χ2v) is 6.40. The van der Waals surface area contributed by atoms with Crippen molar-refractivity contribution in [2.24, 2.45) is 11.3 Å². The number of ether oxygens (including phenoxy) is 1. The van der Waals surface area contributed by atoms with Crippen molar-refractivity contribution in [3.63, 3.8) is 0 Å². The van der Waals surface area contributed by atoms with Crippen LogP contribution < -0.4 is 4.74 Å². The van der Waals surface area contributed by atoms with Crippen molar-refractivity contribution in [1.82, 2.24) is 0 Å². The van der Waals surface area contributed by atoms with Gasteiger partial charge in [0.2, 0.25) is 0 Å². The molecule has 112 valence electrons. The molecule has 0 aliphatic carbocycles. The highest BCUT2D eigenvalue weighted by Gasteiger charge is 2.19. The van der Waals surface area contributed by atoms with E-state index in [2.05, 4.69) is 25.5 Å². The Labute approximate surface area is 119 Å². The van der Waals surface area contributed by atoms with Crippen molar-refractivity contribution in [3.05, 3.63) is 29.8 Å². The summed E-state index contributed by atoms with van der Waals surface area (Å²) in [4.78, 5) is 12.1. The largest absolute Gasteiger partial charge is 0.435 e. The fraction of sp³-hybridized carbons (Fsp3) is 0.562. The molecule has 1 rings (SSSR count). The Hall–Kier alpha value is -1.45. The number of halogens is 2. The lowest BCUT2D eigenvalue weighted by Crippen LogP contribution is -2.14. The molecule has 0 amide bonds. The highest BCUT2D eigenvalue weighted by atomic mass is 19.3. The lowest BCUT2D eigenvalue weighted by Gasteiger charge is -2.22. The zero-order valence-corrected chi connectivity index (χ0v) is 12.5. The van der Waals surface area contributed by atoms with E-state index in [-0.39, 0.29) is 22.9 Å². The highest BCUT2D eigenvalue weighted by molar-refractivity contribution is 5.96. The molecule has 0 aliphatic heterocycles. The number of hydrogen-bond donors (Lipinski definition) is 0. The Balaban J connectivity index is 2.68. The Morgan fingerprint density at radius 3 is 2.50 bits per heavy atom. The highest BCUT2D eigenvalue weighted by Crippen LogP contribution is 2.27. The van der Waals surface area contributed by atoms with Crippen LogP contribution in [-0.2, 0) is 0 Å². The molecule has 0 bridgehead atoms. The molecule has 0 saturated heterocycles. The third-order valence-corrected chi connectivity index (χ3v) is 2.88. The predicted octanol–water partition coefficient (Wildman–Crippen LogP) is 4.93. The summed E-state index contributed by atoms with van der Waals surface area (Å²) in [6.45, 7) is 5.55. The van der Waals surface area contributed by atoms with Gasteiger partial charge in [-0.2, -0.15) is 8.78 Å². The minimum absolute atomic E-state index is 0.0225. The number of carbonyl (C=O) groups is 1. The summed E-state index contributed by atoms with van der Waals surface area (Å²) in [5, 5.41) is 0. The summed E-state index contributed by atoms with van der Waals surface area (Å²) in [5.41, 5.74) is 0.587. The molecule has 1 aromatic rings. The summed E-state index contributed by atoms with van der Waals surface area (Å²) in [6.07, 6.45) is 1.35. The van der Waals surface area contributed by atoms with E-state index in [0.29, 0.717) is 12.0 Å². The van der Waals surface area contributed by atoms with Crippen LogP contribution in [0.2, 0.25) is 0 Å². The fourth-order valence-corrected chi connectivity index (χ4v) is 2.40. The first-order valence-corrected chi connectivity index (χ1v) is 6.75. The van der Waals surface area contributed by atoms with Gasteiger partial charge in [0.1, 0.15) is 5.75 Å². The molecule has 0 N–H and O–H groups in total. The van der Waals surface area contributed by atoms with E-state index in [1.54, 1.807) is 12.1 Å². The lowest BCUT2D eigenvalue weighted by atomic mass is 9.83. The van der Waals surface area contributed by atoms with Crippen molar-refractivity contribution < 1.29 is 18.3 Å². The van der Waals surface area contributed by atoms with Crippen molar-refractivity contribution in [2.45, 2.75) is 47.1 Å². The van der Waals surface area contributed by atoms with Gasteiger partial charge in [-0.05, 0) is 29.9 Å². The monoisotopic (exact) mass is 284 g/mol. The summed E-state index contributed by atoms with van der Waals surface area (Å²) >= 11 is 0. The summed E-state index contributed by atoms with van der Waals surface area (Å²) in [6, 6.07) is 5.98. The molecule has 0 spiro atoms. The maximum absolute atomic E-state index is 12.1. The van der Waals surface area contributed by atoms with Gasteiger partial charge in [0.15, 0.2) is 5.78 Å². The zero-order chi connectivity index (χ0) is 15.3. The number of carbonyl (C=O) groups excluding carboxylic acids is 1. The van der Waals surface area contributed by atoms with E-state index in [4.69, 9.17) is 0 Å². The number of alkyl halides is 2. The van der Waals surface area contributed by atoms with Gasteiger partial charge < -0.3 is 4.74 Å². The number of benzene rings is 1. The van der Waals surface area contributed by atoms with Crippen LogP contribution >= 0.6 is 0 Å². The Kier molecular flexibility index (Phi) is 5.66.